The Balaban J connectivity index is 1.88. The summed E-state index contributed by atoms with van der Waals surface area (Å²) in [5.41, 5.74) is 0. The van der Waals surface area contributed by atoms with Gasteiger partial charge < -0.3 is 5.32 Å². The zero-order valence-corrected chi connectivity index (χ0v) is 10.6. The molecule has 2 aromatic rings. The lowest BCUT2D eigenvalue weighted by molar-refractivity contribution is 0.742. The largest absolute Gasteiger partial charge is 0.361 e. The average Bonchev–Trinajstić information content (AvgIpc) is 2.85. The van der Waals surface area contributed by atoms with E-state index in [1.165, 1.54) is 11.3 Å². The van der Waals surface area contributed by atoms with E-state index in [2.05, 4.69) is 20.4 Å². The zero-order chi connectivity index (χ0) is 12.3. The van der Waals surface area contributed by atoms with Crippen LogP contribution in [-0.2, 0) is 13.5 Å². The fraction of sp³-hybridized carbons (Fsp3) is 0.333. The second-order valence-electron chi connectivity index (χ2n) is 3.26. The average molecular weight is 269 g/mol. The lowest BCUT2D eigenvalue weighted by atomic mass is 10.4. The molecule has 17 heavy (non-hydrogen) atoms. The number of rotatable bonds is 4. The predicted octanol–water partition coefficient (Wildman–Crippen LogP) is 1.45. The monoisotopic (exact) mass is 268 g/mol. The first-order valence-corrected chi connectivity index (χ1v) is 6.03. The molecule has 0 aromatic carbocycles. The molecule has 1 N–H and O–H groups in total. The van der Waals surface area contributed by atoms with Gasteiger partial charge in [-0.25, -0.2) is 9.97 Å². The lowest BCUT2D eigenvalue weighted by Gasteiger charge is -1.98. The molecule has 0 fully saturated rings. The zero-order valence-electron chi connectivity index (χ0n) is 9.01. The highest BCUT2D eigenvalue weighted by Gasteiger charge is 2.08. The van der Waals surface area contributed by atoms with Gasteiger partial charge in [0.25, 0.3) is 0 Å². The number of nitrogens with one attached hydrogen (secondary N) is 1. The summed E-state index contributed by atoms with van der Waals surface area (Å²) in [6.45, 7) is 0.652. The Hall–Kier alpha value is -1.65. The molecule has 8 heteroatoms. The van der Waals surface area contributed by atoms with Crippen molar-refractivity contribution in [2.45, 2.75) is 6.42 Å². The van der Waals surface area contributed by atoms with Crippen LogP contribution in [0.25, 0.3) is 0 Å². The molecule has 0 aliphatic carbocycles. The van der Waals surface area contributed by atoms with Gasteiger partial charge in [0.2, 0.25) is 0 Å². The number of anilines is 1. The maximum absolute atomic E-state index is 8.72. The molecule has 0 saturated heterocycles. The van der Waals surface area contributed by atoms with E-state index in [9.17, 15) is 0 Å². The first-order chi connectivity index (χ1) is 8.19. The Morgan fingerprint density at radius 2 is 2.47 bits per heavy atom. The number of nitrogens with zero attached hydrogens (tertiary/aromatic N) is 5. The Morgan fingerprint density at radius 1 is 1.65 bits per heavy atom. The van der Waals surface area contributed by atoms with Crippen molar-refractivity contribution < 1.29 is 0 Å². The maximum atomic E-state index is 8.72. The first kappa shape index (κ1) is 11.8. The van der Waals surface area contributed by atoms with Crippen LogP contribution in [0.1, 0.15) is 10.7 Å². The molecule has 88 valence electrons. The number of nitriles is 1. The van der Waals surface area contributed by atoms with Crippen LogP contribution in [0, 0.1) is 11.3 Å². The van der Waals surface area contributed by atoms with E-state index in [0.717, 1.165) is 5.82 Å². The molecule has 0 atom stereocenters. The van der Waals surface area contributed by atoms with Gasteiger partial charge in [-0.1, -0.05) is 22.9 Å². The van der Waals surface area contributed by atoms with E-state index < -0.39 is 0 Å². The Kier molecular flexibility index (Phi) is 3.56. The Labute approximate surface area is 107 Å². The number of hydrogen-bond donors (Lipinski definition) is 1. The third kappa shape index (κ3) is 2.93. The predicted molar refractivity (Wildman–Crippen MR) is 65.0 cm³/mol. The van der Waals surface area contributed by atoms with Crippen LogP contribution in [0.2, 0.25) is 5.15 Å². The Morgan fingerprint density at radius 3 is 3.06 bits per heavy atom. The van der Waals surface area contributed by atoms with Crippen LogP contribution in [0.4, 0.5) is 5.13 Å². The van der Waals surface area contributed by atoms with Gasteiger partial charge in [-0.15, -0.1) is 0 Å². The van der Waals surface area contributed by atoms with Crippen molar-refractivity contribution in [1.82, 2.24) is 19.7 Å². The van der Waals surface area contributed by atoms with Crippen molar-refractivity contribution in [1.29, 1.82) is 5.26 Å². The summed E-state index contributed by atoms with van der Waals surface area (Å²) in [7, 11) is 1.82. The summed E-state index contributed by atoms with van der Waals surface area (Å²) < 4.78 is 1.66. The van der Waals surface area contributed by atoms with Gasteiger partial charge in [0.1, 0.15) is 17.3 Å². The van der Waals surface area contributed by atoms with E-state index in [0.29, 0.717) is 23.0 Å². The molecule has 0 unspecified atom stereocenters. The molecule has 2 heterocycles. The van der Waals surface area contributed by atoms with Crippen LogP contribution >= 0.6 is 22.9 Å². The lowest BCUT2D eigenvalue weighted by Crippen LogP contribution is -2.06. The first-order valence-electron chi connectivity index (χ1n) is 4.84. The number of aromatic nitrogens is 4. The quantitative estimate of drug-likeness (QED) is 0.908. The van der Waals surface area contributed by atoms with Gasteiger partial charge in [-0.05, 0) is 0 Å². The second kappa shape index (κ2) is 5.12. The molecule has 2 aromatic heterocycles. The molecule has 0 aliphatic heterocycles. The number of hydrogen-bond acceptors (Lipinski definition) is 6. The minimum absolute atomic E-state index is 0.246. The number of halogens is 1. The summed E-state index contributed by atoms with van der Waals surface area (Å²) in [6, 6.07) is 1.98. The highest BCUT2D eigenvalue weighted by Crippen LogP contribution is 2.25. The second-order valence-corrected chi connectivity index (χ2v) is 4.62. The summed E-state index contributed by atoms with van der Waals surface area (Å²) in [5.74, 6) is 0.767. The minimum atomic E-state index is 0.246. The molecule has 0 amide bonds. The van der Waals surface area contributed by atoms with Crippen molar-refractivity contribution >= 4 is 28.1 Å². The molecule has 0 aliphatic rings. The van der Waals surface area contributed by atoms with Crippen LogP contribution in [0.15, 0.2) is 6.33 Å². The third-order valence-electron chi connectivity index (χ3n) is 1.96. The normalized spacial score (nSPS) is 10.2. The summed E-state index contributed by atoms with van der Waals surface area (Å²) in [4.78, 5) is 8.55. The number of thiazole rings is 1. The summed E-state index contributed by atoms with van der Waals surface area (Å²) >= 11 is 6.99. The van der Waals surface area contributed by atoms with Crippen molar-refractivity contribution in [2.24, 2.45) is 7.05 Å². The molecule has 0 radical (unpaired) electrons. The molecule has 0 spiro atoms. The van der Waals surface area contributed by atoms with Gasteiger partial charge in [-0.3, -0.25) is 4.68 Å². The standard InChI is InChI=1S/C9H9ClN6S/c1-16-5-13-7(15-16)2-3-12-9-14-8(10)6(4-11)17-9/h5H,2-3H2,1H3,(H,12,14). The van der Waals surface area contributed by atoms with Crippen molar-refractivity contribution in [2.75, 3.05) is 11.9 Å². The van der Waals surface area contributed by atoms with Crippen molar-refractivity contribution in [3.8, 4) is 6.07 Å². The SMILES string of the molecule is Cn1cnc(CCNc2nc(Cl)c(C#N)s2)n1. The minimum Gasteiger partial charge on any atom is -0.361 e. The van der Waals surface area contributed by atoms with Gasteiger partial charge in [-0.2, -0.15) is 10.4 Å². The fourth-order valence-electron chi connectivity index (χ4n) is 1.23. The van der Waals surface area contributed by atoms with E-state index in [1.807, 2.05) is 13.1 Å². The van der Waals surface area contributed by atoms with Gasteiger partial charge in [0, 0.05) is 20.0 Å². The van der Waals surface area contributed by atoms with Gasteiger partial charge in [0.15, 0.2) is 16.1 Å². The van der Waals surface area contributed by atoms with E-state index in [4.69, 9.17) is 16.9 Å². The molecular formula is C9H9ClN6S. The highest BCUT2D eigenvalue weighted by atomic mass is 35.5. The van der Waals surface area contributed by atoms with Crippen LogP contribution in [-0.4, -0.2) is 26.3 Å². The van der Waals surface area contributed by atoms with Crippen molar-refractivity contribution in [3.63, 3.8) is 0 Å². The van der Waals surface area contributed by atoms with Crippen LogP contribution in [0.3, 0.4) is 0 Å². The van der Waals surface area contributed by atoms with Crippen LogP contribution < -0.4 is 5.32 Å². The maximum Gasteiger partial charge on any atom is 0.185 e. The summed E-state index contributed by atoms with van der Waals surface area (Å²) in [5, 5.41) is 16.8. The van der Waals surface area contributed by atoms with Gasteiger partial charge >= 0.3 is 0 Å². The topological polar surface area (TPSA) is 79.4 Å². The molecule has 0 saturated carbocycles. The van der Waals surface area contributed by atoms with Crippen molar-refractivity contribution in [3.05, 3.63) is 22.2 Å². The smallest absolute Gasteiger partial charge is 0.185 e. The Bertz CT molecular complexity index is 554. The van der Waals surface area contributed by atoms with E-state index in [1.54, 1.807) is 11.0 Å². The summed E-state index contributed by atoms with van der Waals surface area (Å²) in [6.07, 6.45) is 2.35. The molecule has 0 bridgehead atoms. The number of aryl methyl sites for hydroxylation is 1. The fourth-order valence-corrected chi connectivity index (χ4v) is 2.20. The molecule has 2 rings (SSSR count). The van der Waals surface area contributed by atoms with Gasteiger partial charge in [0.05, 0.1) is 0 Å². The van der Waals surface area contributed by atoms with E-state index in [-0.39, 0.29) is 5.15 Å². The molecular weight excluding hydrogens is 260 g/mol. The van der Waals surface area contributed by atoms with Crippen LogP contribution in [0.5, 0.6) is 0 Å². The molecule has 6 nitrogen and oxygen atoms in total. The third-order valence-corrected chi connectivity index (χ3v) is 3.26. The van der Waals surface area contributed by atoms with E-state index >= 15 is 0 Å². The highest BCUT2D eigenvalue weighted by molar-refractivity contribution is 7.16.